The van der Waals surface area contributed by atoms with Crippen LogP contribution in [0.5, 0.6) is 0 Å². The van der Waals surface area contributed by atoms with Crippen LogP contribution in [0.1, 0.15) is 24.3 Å². The number of carbonyl (C=O) groups is 2. The zero-order valence-electron chi connectivity index (χ0n) is 13.2. The third-order valence-corrected chi connectivity index (χ3v) is 4.99. The number of para-hydroxylation sites is 1. The van der Waals surface area contributed by atoms with Crippen LogP contribution in [0.15, 0.2) is 48.5 Å². The highest BCUT2D eigenvalue weighted by Crippen LogP contribution is 2.42. The van der Waals surface area contributed by atoms with Crippen LogP contribution >= 0.6 is 11.8 Å². The van der Waals surface area contributed by atoms with Crippen molar-refractivity contribution in [3.8, 4) is 0 Å². The fourth-order valence-electron chi connectivity index (χ4n) is 2.56. The molecule has 0 saturated carbocycles. The van der Waals surface area contributed by atoms with Gasteiger partial charge in [0.2, 0.25) is 11.8 Å². The first-order chi connectivity index (χ1) is 11.6. The quantitative estimate of drug-likeness (QED) is 0.913. The number of thioether (sulfide) groups is 1. The molecule has 124 valence electrons. The number of hydrogen-bond acceptors (Lipinski definition) is 3. The summed E-state index contributed by atoms with van der Waals surface area (Å²) in [4.78, 5) is 25.2. The Morgan fingerprint density at radius 1 is 1.25 bits per heavy atom. The Labute approximate surface area is 144 Å². The van der Waals surface area contributed by atoms with Crippen molar-refractivity contribution < 1.29 is 14.0 Å². The minimum absolute atomic E-state index is 0.0545. The molecule has 1 aliphatic rings. The third-order valence-electron chi connectivity index (χ3n) is 3.78. The van der Waals surface area contributed by atoms with Gasteiger partial charge in [0.05, 0.1) is 11.4 Å². The lowest BCUT2D eigenvalue weighted by Crippen LogP contribution is -2.28. The van der Waals surface area contributed by atoms with Gasteiger partial charge in [0.15, 0.2) is 0 Å². The number of nitrogens with zero attached hydrogens (tertiary/aromatic N) is 1. The standard InChI is InChI=1S/C18H17FN2O2S/c1-2-16(22)20-13-9-7-12(8-10-13)18-21(17(23)11-24-18)15-6-4-3-5-14(15)19/h3-10,18H,2,11H2,1H3,(H,20,22). The molecule has 1 saturated heterocycles. The average Bonchev–Trinajstić information content (AvgIpc) is 2.97. The molecule has 3 rings (SSSR count). The first-order valence-corrected chi connectivity index (χ1v) is 8.73. The molecule has 0 spiro atoms. The van der Waals surface area contributed by atoms with Crippen LogP contribution in [0.25, 0.3) is 0 Å². The maximum absolute atomic E-state index is 14.1. The van der Waals surface area contributed by atoms with Crippen molar-refractivity contribution in [2.45, 2.75) is 18.7 Å². The van der Waals surface area contributed by atoms with Gasteiger partial charge in [-0.15, -0.1) is 11.8 Å². The van der Waals surface area contributed by atoms with Crippen LogP contribution < -0.4 is 10.2 Å². The highest BCUT2D eigenvalue weighted by molar-refractivity contribution is 8.00. The van der Waals surface area contributed by atoms with E-state index in [1.54, 1.807) is 37.3 Å². The maximum Gasteiger partial charge on any atom is 0.238 e. The van der Waals surface area contributed by atoms with Crippen molar-refractivity contribution in [3.63, 3.8) is 0 Å². The number of hydrogen-bond donors (Lipinski definition) is 1. The van der Waals surface area contributed by atoms with E-state index in [0.717, 1.165) is 5.56 Å². The second kappa shape index (κ2) is 7.05. The number of carbonyl (C=O) groups excluding carboxylic acids is 2. The fraction of sp³-hybridized carbons (Fsp3) is 0.222. The van der Waals surface area contributed by atoms with Crippen LogP contribution in [0.2, 0.25) is 0 Å². The van der Waals surface area contributed by atoms with Crippen molar-refractivity contribution in [1.29, 1.82) is 0 Å². The minimum atomic E-state index is -0.412. The second-order valence-corrected chi connectivity index (χ2v) is 6.47. The van der Waals surface area contributed by atoms with Gasteiger partial charge >= 0.3 is 0 Å². The van der Waals surface area contributed by atoms with Crippen molar-refractivity contribution in [2.24, 2.45) is 0 Å². The molecule has 2 aromatic rings. The Kier molecular flexibility index (Phi) is 4.85. The van der Waals surface area contributed by atoms with Crippen LogP contribution in [-0.4, -0.2) is 17.6 Å². The summed E-state index contributed by atoms with van der Waals surface area (Å²) in [6.07, 6.45) is 0.412. The summed E-state index contributed by atoms with van der Waals surface area (Å²) in [6.45, 7) is 1.79. The van der Waals surface area contributed by atoms with E-state index in [0.29, 0.717) is 23.5 Å². The Bertz CT molecular complexity index is 764. The molecule has 0 radical (unpaired) electrons. The highest BCUT2D eigenvalue weighted by atomic mass is 32.2. The minimum Gasteiger partial charge on any atom is -0.326 e. The van der Waals surface area contributed by atoms with Gasteiger partial charge in [-0.25, -0.2) is 4.39 Å². The zero-order valence-corrected chi connectivity index (χ0v) is 14.0. The number of halogens is 1. The topological polar surface area (TPSA) is 49.4 Å². The number of benzene rings is 2. The summed E-state index contributed by atoms with van der Waals surface area (Å²) in [5.74, 6) is -0.266. The van der Waals surface area contributed by atoms with Crippen LogP contribution in [0.4, 0.5) is 15.8 Å². The molecule has 2 aromatic carbocycles. The predicted molar refractivity (Wildman–Crippen MR) is 94.4 cm³/mol. The number of rotatable bonds is 4. The molecule has 6 heteroatoms. The summed E-state index contributed by atoms with van der Waals surface area (Å²) in [7, 11) is 0. The Morgan fingerprint density at radius 2 is 1.96 bits per heavy atom. The van der Waals surface area contributed by atoms with Gasteiger partial charge in [-0.1, -0.05) is 31.2 Å². The Morgan fingerprint density at radius 3 is 2.62 bits per heavy atom. The van der Waals surface area contributed by atoms with Gasteiger partial charge in [0.1, 0.15) is 11.2 Å². The van der Waals surface area contributed by atoms with E-state index < -0.39 is 5.82 Å². The molecule has 0 bridgehead atoms. The van der Waals surface area contributed by atoms with Gasteiger partial charge in [-0.05, 0) is 29.8 Å². The van der Waals surface area contributed by atoms with Gasteiger partial charge in [-0.2, -0.15) is 0 Å². The molecule has 2 amide bonds. The number of nitrogens with one attached hydrogen (secondary N) is 1. The molecular weight excluding hydrogens is 327 g/mol. The summed E-state index contributed by atoms with van der Waals surface area (Å²) >= 11 is 1.46. The maximum atomic E-state index is 14.1. The highest BCUT2D eigenvalue weighted by Gasteiger charge is 2.35. The first kappa shape index (κ1) is 16.5. The molecule has 1 unspecified atom stereocenters. The average molecular weight is 344 g/mol. The van der Waals surface area contributed by atoms with Gasteiger partial charge < -0.3 is 5.32 Å². The molecular formula is C18H17FN2O2S. The van der Waals surface area contributed by atoms with Gasteiger partial charge in [-0.3, -0.25) is 14.5 Å². The first-order valence-electron chi connectivity index (χ1n) is 7.68. The summed E-state index contributed by atoms with van der Waals surface area (Å²) in [5.41, 5.74) is 1.89. The monoisotopic (exact) mass is 344 g/mol. The van der Waals surface area contributed by atoms with E-state index in [1.807, 2.05) is 12.1 Å². The molecule has 0 aromatic heterocycles. The van der Waals surface area contributed by atoms with Crippen molar-refractivity contribution in [1.82, 2.24) is 0 Å². The Balaban J connectivity index is 1.86. The molecule has 1 heterocycles. The zero-order chi connectivity index (χ0) is 17.1. The third kappa shape index (κ3) is 3.28. The number of amides is 2. The molecule has 4 nitrogen and oxygen atoms in total. The van der Waals surface area contributed by atoms with Gasteiger partial charge in [0.25, 0.3) is 0 Å². The molecule has 24 heavy (non-hydrogen) atoms. The lowest BCUT2D eigenvalue weighted by atomic mass is 10.1. The van der Waals surface area contributed by atoms with Crippen molar-refractivity contribution in [2.75, 3.05) is 16.0 Å². The second-order valence-electron chi connectivity index (χ2n) is 5.40. The summed E-state index contributed by atoms with van der Waals surface area (Å²) in [6, 6.07) is 13.6. The molecule has 1 N–H and O–H groups in total. The van der Waals surface area contributed by atoms with E-state index in [2.05, 4.69) is 5.32 Å². The van der Waals surface area contributed by atoms with E-state index in [9.17, 15) is 14.0 Å². The lowest BCUT2D eigenvalue weighted by molar-refractivity contribution is -0.116. The van der Waals surface area contributed by atoms with Gasteiger partial charge in [0, 0.05) is 12.1 Å². The largest absolute Gasteiger partial charge is 0.326 e. The van der Waals surface area contributed by atoms with E-state index >= 15 is 0 Å². The van der Waals surface area contributed by atoms with Crippen LogP contribution in [-0.2, 0) is 9.59 Å². The SMILES string of the molecule is CCC(=O)Nc1ccc(C2SCC(=O)N2c2ccccc2F)cc1. The van der Waals surface area contributed by atoms with E-state index in [-0.39, 0.29) is 17.2 Å². The molecule has 1 atom stereocenters. The molecule has 0 aliphatic carbocycles. The van der Waals surface area contributed by atoms with E-state index in [4.69, 9.17) is 0 Å². The smallest absolute Gasteiger partial charge is 0.238 e. The summed E-state index contributed by atoms with van der Waals surface area (Å²) < 4.78 is 14.1. The molecule has 1 aliphatic heterocycles. The van der Waals surface area contributed by atoms with E-state index in [1.165, 1.54) is 22.7 Å². The van der Waals surface area contributed by atoms with Crippen LogP contribution in [0.3, 0.4) is 0 Å². The number of anilines is 2. The fourth-order valence-corrected chi connectivity index (χ4v) is 3.73. The van der Waals surface area contributed by atoms with Crippen molar-refractivity contribution >= 4 is 35.0 Å². The normalized spacial score (nSPS) is 17.2. The van der Waals surface area contributed by atoms with Crippen molar-refractivity contribution in [3.05, 3.63) is 59.9 Å². The lowest BCUT2D eigenvalue weighted by Gasteiger charge is -2.24. The molecule has 1 fully saturated rings. The summed E-state index contributed by atoms with van der Waals surface area (Å²) in [5, 5.41) is 2.51. The Hall–Kier alpha value is -2.34. The van der Waals surface area contributed by atoms with Crippen LogP contribution in [0, 0.1) is 5.82 Å². The predicted octanol–water partition coefficient (Wildman–Crippen LogP) is 3.95.